The molecule has 2 rings (SSSR count). The van der Waals surface area contributed by atoms with E-state index in [2.05, 4.69) is 0 Å². The average molecular weight is 351 g/mol. The smallest absolute Gasteiger partial charge is 0.416 e. The number of carboxylic acid groups (broad SMARTS) is 1. The maximum absolute atomic E-state index is 12.9. The van der Waals surface area contributed by atoms with E-state index < -0.39 is 38.5 Å². The van der Waals surface area contributed by atoms with Gasteiger partial charge in [0, 0.05) is 13.1 Å². The number of hydrogen-bond acceptors (Lipinski definition) is 3. The number of alkyl halides is 3. The SMILES string of the molecule is Cc1ccc(S(=O)(=O)N2CCCC(C(=O)O)C2)cc1C(F)(F)F. The van der Waals surface area contributed by atoms with Crippen LogP contribution in [0.15, 0.2) is 23.1 Å². The molecule has 0 aliphatic carbocycles. The fourth-order valence-electron chi connectivity index (χ4n) is 2.58. The summed E-state index contributed by atoms with van der Waals surface area (Å²) in [5, 5.41) is 9.01. The van der Waals surface area contributed by atoms with Crippen LogP contribution in [-0.4, -0.2) is 36.9 Å². The van der Waals surface area contributed by atoms with Gasteiger partial charge >= 0.3 is 12.1 Å². The third kappa shape index (κ3) is 3.66. The molecule has 9 heteroatoms. The van der Waals surface area contributed by atoms with Crippen LogP contribution >= 0.6 is 0 Å². The van der Waals surface area contributed by atoms with Crippen molar-refractivity contribution in [3.05, 3.63) is 29.3 Å². The lowest BCUT2D eigenvalue weighted by molar-refractivity contribution is -0.143. The van der Waals surface area contributed by atoms with Crippen molar-refractivity contribution in [1.29, 1.82) is 0 Å². The monoisotopic (exact) mass is 351 g/mol. The number of rotatable bonds is 3. The summed E-state index contributed by atoms with van der Waals surface area (Å²) in [4.78, 5) is 10.6. The van der Waals surface area contributed by atoms with E-state index in [4.69, 9.17) is 5.11 Å². The van der Waals surface area contributed by atoms with Crippen LogP contribution in [0.1, 0.15) is 24.0 Å². The third-order valence-electron chi connectivity index (χ3n) is 3.89. The van der Waals surface area contributed by atoms with Gasteiger partial charge < -0.3 is 5.11 Å². The molecule has 1 N–H and O–H groups in total. The van der Waals surface area contributed by atoms with Gasteiger partial charge in [-0.2, -0.15) is 17.5 Å². The van der Waals surface area contributed by atoms with E-state index in [1.54, 1.807) is 0 Å². The molecule has 1 unspecified atom stereocenters. The first-order valence-electron chi connectivity index (χ1n) is 6.94. The molecule has 1 aromatic carbocycles. The van der Waals surface area contributed by atoms with Crippen LogP contribution in [0, 0.1) is 12.8 Å². The van der Waals surface area contributed by atoms with E-state index in [0.717, 1.165) is 16.4 Å². The van der Waals surface area contributed by atoms with Crippen LogP contribution in [0.3, 0.4) is 0 Å². The van der Waals surface area contributed by atoms with E-state index in [1.807, 2.05) is 0 Å². The van der Waals surface area contributed by atoms with E-state index in [0.29, 0.717) is 18.9 Å². The lowest BCUT2D eigenvalue weighted by Gasteiger charge is -2.30. The fourth-order valence-corrected chi connectivity index (χ4v) is 4.13. The minimum Gasteiger partial charge on any atom is -0.481 e. The van der Waals surface area contributed by atoms with Crippen molar-refractivity contribution in [3.8, 4) is 0 Å². The standard InChI is InChI=1S/C14H16F3NO4S/c1-9-4-5-11(7-12(9)14(15,16)17)23(21,22)18-6-2-3-10(8-18)13(19)20/h4-5,7,10H,2-3,6,8H2,1H3,(H,19,20). The summed E-state index contributed by atoms with van der Waals surface area (Å²) < 4.78 is 64.8. The summed E-state index contributed by atoms with van der Waals surface area (Å²) in [6.07, 6.45) is -3.95. The number of nitrogens with zero attached hydrogens (tertiary/aromatic N) is 1. The quantitative estimate of drug-likeness (QED) is 0.908. The molecule has 1 atom stereocenters. The van der Waals surface area contributed by atoms with Crippen LogP contribution < -0.4 is 0 Å². The molecular weight excluding hydrogens is 335 g/mol. The third-order valence-corrected chi connectivity index (χ3v) is 5.75. The highest BCUT2D eigenvalue weighted by Gasteiger charge is 2.36. The second-order valence-electron chi connectivity index (χ2n) is 5.51. The minimum absolute atomic E-state index is 0.0708. The van der Waals surface area contributed by atoms with Gasteiger partial charge in [0.25, 0.3) is 0 Å². The zero-order valence-corrected chi connectivity index (χ0v) is 13.1. The van der Waals surface area contributed by atoms with Crippen molar-refractivity contribution in [2.24, 2.45) is 5.92 Å². The molecule has 0 spiro atoms. The molecule has 1 aliphatic rings. The van der Waals surface area contributed by atoms with E-state index in [-0.39, 0.29) is 18.7 Å². The summed E-state index contributed by atoms with van der Waals surface area (Å²) in [6.45, 7) is 1.12. The van der Waals surface area contributed by atoms with Crippen molar-refractivity contribution >= 4 is 16.0 Å². The predicted octanol–water partition coefficient (Wildman–Crippen LogP) is 2.50. The number of aliphatic carboxylic acids is 1. The highest BCUT2D eigenvalue weighted by molar-refractivity contribution is 7.89. The Bertz CT molecular complexity index is 715. The fraction of sp³-hybridized carbons (Fsp3) is 0.500. The Morgan fingerprint density at radius 2 is 2.00 bits per heavy atom. The van der Waals surface area contributed by atoms with Crippen LogP contribution in [0.2, 0.25) is 0 Å². The Labute approximate surface area is 131 Å². The topological polar surface area (TPSA) is 74.7 Å². The Kier molecular flexibility index (Phi) is 4.72. The van der Waals surface area contributed by atoms with E-state index in [1.165, 1.54) is 6.92 Å². The van der Waals surface area contributed by atoms with Crippen molar-refractivity contribution in [3.63, 3.8) is 0 Å². The van der Waals surface area contributed by atoms with Gasteiger partial charge in [-0.1, -0.05) is 6.07 Å². The number of benzene rings is 1. The molecule has 1 saturated heterocycles. The van der Waals surface area contributed by atoms with Gasteiger partial charge in [0.1, 0.15) is 0 Å². The first-order chi connectivity index (χ1) is 10.5. The van der Waals surface area contributed by atoms with Gasteiger partial charge in [-0.05, 0) is 37.5 Å². The second-order valence-corrected chi connectivity index (χ2v) is 7.45. The van der Waals surface area contributed by atoms with E-state index >= 15 is 0 Å². The largest absolute Gasteiger partial charge is 0.481 e. The van der Waals surface area contributed by atoms with Crippen molar-refractivity contribution in [2.45, 2.75) is 30.8 Å². The van der Waals surface area contributed by atoms with Crippen molar-refractivity contribution in [2.75, 3.05) is 13.1 Å². The summed E-state index contributed by atoms with van der Waals surface area (Å²) in [7, 11) is -4.16. The highest BCUT2D eigenvalue weighted by Crippen LogP contribution is 2.34. The van der Waals surface area contributed by atoms with Gasteiger partial charge in [0.05, 0.1) is 16.4 Å². The molecule has 1 aliphatic heterocycles. The molecule has 0 radical (unpaired) electrons. The molecule has 1 aromatic rings. The maximum atomic E-state index is 12.9. The molecule has 0 amide bonds. The first kappa shape index (κ1) is 17.7. The van der Waals surface area contributed by atoms with Gasteiger partial charge in [-0.3, -0.25) is 4.79 Å². The second kappa shape index (κ2) is 6.12. The molecular formula is C14H16F3NO4S. The van der Waals surface area contributed by atoms with Crippen LogP contribution in [0.5, 0.6) is 0 Å². The number of piperidine rings is 1. The maximum Gasteiger partial charge on any atom is 0.416 e. The zero-order valence-electron chi connectivity index (χ0n) is 12.3. The van der Waals surface area contributed by atoms with Gasteiger partial charge in [-0.15, -0.1) is 0 Å². The summed E-state index contributed by atoms with van der Waals surface area (Å²) in [5.41, 5.74) is -1.08. The predicted molar refractivity (Wildman–Crippen MR) is 75.3 cm³/mol. The number of sulfonamides is 1. The number of carbonyl (C=O) groups is 1. The Morgan fingerprint density at radius 1 is 1.35 bits per heavy atom. The molecule has 128 valence electrons. The lowest BCUT2D eigenvalue weighted by atomic mass is 10.0. The van der Waals surface area contributed by atoms with Crippen molar-refractivity contribution < 1.29 is 31.5 Å². The molecule has 5 nitrogen and oxygen atoms in total. The molecule has 23 heavy (non-hydrogen) atoms. The Hall–Kier alpha value is -1.61. The minimum atomic E-state index is -4.65. The molecule has 0 aromatic heterocycles. The molecule has 1 heterocycles. The van der Waals surface area contributed by atoms with Crippen molar-refractivity contribution in [1.82, 2.24) is 4.31 Å². The number of carboxylic acids is 1. The Balaban J connectivity index is 2.38. The van der Waals surface area contributed by atoms with Crippen LogP contribution in [0.25, 0.3) is 0 Å². The lowest BCUT2D eigenvalue weighted by Crippen LogP contribution is -2.42. The van der Waals surface area contributed by atoms with E-state index in [9.17, 15) is 26.4 Å². The molecule has 0 bridgehead atoms. The van der Waals surface area contributed by atoms with Crippen LogP contribution in [0.4, 0.5) is 13.2 Å². The summed E-state index contributed by atoms with van der Waals surface area (Å²) in [5.74, 6) is -1.95. The number of aryl methyl sites for hydroxylation is 1. The Morgan fingerprint density at radius 3 is 2.57 bits per heavy atom. The highest BCUT2D eigenvalue weighted by atomic mass is 32.2. The van der Waals surface area contributed by atoms with Gasteiger partial charge in [0.2, 0.25) is 10.0 Å². The van der Waals surface area contributed by atoms with Crippen LogP contribution in [-0.2, 0) is 21.0 Å². The molecule has 1 fully saturated rings. The first-order valence-corrected chi connectivity index (χ1v) is 8.38. The zero-order chi connectivity index (χ0) is 17.4. The van der Waals surface area contributed by atoms with Gasteiger partial charge in [-0.25, -0.2) is 8.42 Å². The average Bonchev–Trinajstić information content (AvgIpc) is 2.46. The summed E-state index contributed by atoms with van der Waals surface area (Å²) >= 11 is 0. The number of hydrogen-bond donors (Lipinski definition) is 1. The normalized spacial score (nSPS) is 20.4. The summed E-state index contributed by atoms with van der Waals surface area (Å²) in [6, 6.07) is 2.83. The van der Waals surface area contributed by atoms with Gasteiger partial charge in [0.15, 0.2) is 0 Å². The number of halogens is 3. The molecule has 0 saturated carbocycles.